The van der Waals surface area contributed by atoms with Crippen LogP contribution in [0.2, 0.25) is 0 Å². The van der Waals surface area contributed by atoms with Gasteiger partial charge in [0.05, 0.1) is 0 Å². The first-order valence-corrected chi connectivity index (χ1v) is 8.72. The SMILES string of the molecule is NS(=O)(=O)c1c(F)cc(C2=C(c3ccccc3)CCC2)cc1F. The number of primary sulfonamides is 1. The molecule has 0 heterocycles. The minimum absolute atomic E-state index is 0.365. The van der Waals surface area contributed by atoms with Gasteiger partial charge in [0.2, 0.25) is 10.0 Å². The molecule has 0 radical (unpaired) electrons. The Morgan fingerprint density at radius 3 is 1.91 bits per heavy atom. The summed E-state index contributed by atoms with van der Waals surface area (Å²) in [7, 11) is -4.44. The first kappa shape index (κ1) is 15.8. The van der Waals surface area contributed by atoms with Gasteiger partial charge in [-0.2, -0.15) is 0 Å². The van der Waals surface area contributed by atoms with E-state index in [4.69, 9.17) is 5.14 Å². The molecule has 0 aromatic heterocycles. The molecule has 2 aromatic rings. The van der Waals surface area contributed by atoms with Crippen molar-refractivity contribution in [2.45, 2.75) is 24.2 Å². The molecule has 1 aliphatic rings. The van der Waals surface area contributed by atoms with Gasteiger partial charge in [-0.1, -0.05) is 30.3 Å². The van der Waals surface area contributed by atoms with Crippen molar-refractivity contribution >= 4 is 21.2 Å². The molecule has 0 atom stereocenters. The van der Waals surface area contributed by atoms with Crippen LogP contribution in [-0.4, -0.2) is 8.42 Å². The Bertz CT molecular complexity index is 867. The van der Waals surface area contributed by atoms with Gasteiger partial charge in [-0.15, -0.1) is 0 Å². The first-order valence-electron chi connectivity index (χ1n) is 7.17. The van der Waals surface area contributed by atoms with Crippen LogP contribution in [0.4, 0.5) is 8.78 Å². The monoisotopic (exact) mass is 335 g/mol. The maximum absolute atomic E-state index is 14.1. The summed E-state index contributed by atoms with van der Waals surface area (Å²) in [5, 5.41) is 4.86. The van der Waals surface area contributed by atoms with Crippen LogP contribution in [0, 0.1) is 11.6 Å². The van der Waals surface area contributed by atoms with E-state index in [2.05, 4.69) is 0 Å². The van der Waals surface area contributed by atoms with Gasteiger partial charge in [0.25, 0.3) is 0 Å². The summed E-state index contributed by atoms with van der Waals surface area (Å²) in [4.78, 5) is -1.08. The first-order chi connectivity index (χ1) is 10.9. The minimum Gasteiger partial charge on any atom is -0.224 e. The zero-order valence-electron chi connectivity index (χ0n) is 12.2. The smallest absolute Gasteiger partial charge is 0.224 e. The van der Waals surface area contributed by atoms with Crippen molar-refractivity contribution in [1.82, 2.24) is 0 Å². The molecular weight excluding hydrogens is 320 g/mol. The molecule has 3 nitrogen and oxygen atoms in total. The second-order valence-electron chi connectivity index (χ2n) is 5.49. The molecule has 0 unspecified atom stereocenters. The minimum atomic E-state index is -4.44. The number of nitrogens with two attached hydrogens (primary N) is 1. The fourth-order valence-corrected chi connectivity index (χ4v) is 3.69. The maximum Gasteiger partial charge on any atom is 0.243 e. The second kappa shape index (κ2) is 5.86. The standard InChI is InChI=1S/C17H15F2NO2S/c18-15-9-12(10-16(19)17(15)23(20,21)22)14-8-4-7-13(14)11-5-2-1-3-6-11/h1-3,5-6,9-10H,4,7-8H2,(H2,20,21,22). The highest BCUT2D eigenvalue weighted by Crippen LogP contribution is 2.40. The van der Waals surface area contributed by atoms with Crippen LogP contribution in [0.5, 0.6) is 0 Å². The summed E-state index contributed by atoms with van der Waals surface area (Å²) < 4.78 is 50.7. The number of hydrogen-bond acceptors (Lipinski definition) is 2. The summed E-state index contributed by atoms with van der Waals surface area (Å²) >= 11 is 0. The Balaban J connectivity index is 2.15. The lowest BCUT2D eigenvalue weighted by Crippen LogP contribution is -2.16. The molecule has 6 heteroatoms. The molecule has 1 aliphatic carbocycles. The molecule has 120 valence electrons. The average molecular weight is 335 g/mol. The van der Waals surface area contributed by atoms with Crippen LogP contribution in [0.15, 0.2) is 47.4 Å². The summed E-state index contributed by atoms with van der Waals surface area (Å²) in [5.41, 5.74) is 3.25. The lowest BCUT2D eigenvalue weighted by molar-refractivity contribution is 0.519. The second-order valence-corrected chi connectivity index (χ2v) is 6.99. The van der Waals surface area contributed by atoms with Crippen molar-refractivity contribution in [2.24, 2.45) is 5.14 Å². The van der Waals surface area contributed by atoms with E-state index in [1.54, 1.807) is 0 Å². The third kappa shape index (κ3) is 3.04. The summed E-state index contributed by atoms with van der Waals surface area (Å²) in [6, 6.07) is 11.7. The van der Waals surface area contributed by atoms with Crippen molar-refractivity contribution in [3.8, 4) is 0 Å². The Kier molecular flexibility index (Phi) is 4.04. The summed E-state index contributed by atoms with van der Waals surface area (Å²) in [6.45, 7) is 0. The average Bonchev–Trinajstić information content (AvgIpc) is 2.95. The van der Waals surface area contributed by atoms with Crippen molar-refractivity contribution < 1.29 is 17.2 Å². The van der Waals surface area contributed by atoms with Crippen molar-refractivity contribution in [3.63, 3.8) is 0 Å². The fraction of sp³-hybridized carbons (Fsp3) is 0.176. The zero-order chi connectivity index (χ0) is 16.6. The molecule has 0 amide bonds. The van der Waals surface area contributed by atoms with E-state index in [0.717, 1.165) is 41.7 Å². The Labute approximate surface area is 133 Å². The third-order valence-corrected chi connectivity index (χ3v) is 4.93. The largest absolute Gasteiger partial charge is 0.243 e. The van der Waals surface area contributed by atoms with E-state index >= 15 is 0 Å². The van der Waals surface area contributed by atoms with E-state index in [9.17, 15) is 17.2 Å². The van der Waals surface area contributed by atoms with E-state index in [0.29, 0.717) is 12.0 Å². The summed E-state index contributed by atoms with van der Waals surface area (Å²) in [6.07, 6.45) is 2.40. The molecular formula is C17H15F2NO2S. The van der Waals surface area contributed by atoms with Gasteiger partial charge < -0.3 is 0 Å². The third-order valence-electron chi connectivity index (χ3n) is 3.97. The highest BCUT2D eigenvalue weighted by atomic mass is 32.2. The topological polar surface area (TPSA) is 60.2 Å². The quantitative estimate of drug-likeness (QED) is 0.929. The lowest BCUT2D eigenvalue weighted by atomic mass is 9.97. The van der Waals surface area contributed by atoms with E-state index in [1.807, 2.05) is 30.3 Å². The normalized spacial score (nSPS) is 15.3. The molecule has 2 N–H and O–H groups in total. The van der Waals surface area contributed by atoms with E-state index < -0.39 is 26.6 Å². The molecule has 0 aliphatic heterocycles. The van der Waals surface area contributed by atoms with Crippen molar-refractivity contribution in [2.75, 3.05) is 0 Å². The van der Waals surface area contributed by atoms with Crippen molar-refractivity contribution in [3.05, 3.63) is 65.2 Å². The highest BCUT2D eigenvalue weighted by Gasteiger charge is 2.24. The van der Waals surface area contributed by atoms with Crippen LogP contribution in [-0.2, 0) is 10.0 Å². The number of hydrogen-bond donors (Lipinski definition) is 1. The molecule has 0 fully saturated rings. The predicted molar refractivity (Wildman–Crippen MR) is 84.8 cm³/mol. The van der Waals surface area contributed by atoms with Crippen LogP contribution >= 0.6 is 0 Å². The maximum atomic E-state index is 14.1. The number of rotatable bonds is 3. The molecule has 0 bridgehead atoms. The molecule has 0 saturated carbocycles. The molecule has 0 saturated heterocycles. The van der Waals surface area contributed by atoms with Gasteiger partial charge >= 0.3 is 0 Å². The number of halogens is 2. The summed E-state index contributed by atoms with van der Waals surface area (Å²) in [5.74, 6) is -2.32. The van der Waals surface area contributed by atoms with Gasteiger partial charge in [0, 0.05) is 0 Å². The molecule has 23 heavy (non-hydrogen) atoms. The van der Waals surface area contributed by atoms with E-state index in [1.165, 1.54) is 0 Å². The van der Waals surface area contributed by atoms with Gasteiger partial charge in [-0.05, 0) is 53.7 Å². The van der Waals surface area contributed by atoms with Gasteiger partial charge in [0.15, 0.2) is 4.90 Å². The number of benzene rings is 2. The Hall–Kier alpha value is -2.05. The zero-order valence-corrected chi connectivity index (χ0v) is 13.0. The van der Waals surface area contributed by atoms with Gasteiger partial charge in [-0.3, -0.25) is 0 Å². The molecule has 3 rings (SSSR count). The highest BCUT2D eigenvalue weighted by molar-refractivity contribution is 7.89. The van der Waals surface area contributed by atoms with Crippen LogP contribution in [0.1, 0.15) is 30.4 Å². The Morgan fingerprint density at radius 1 is 0.870 bits per heavy atom. The van der Waals surface area contributed by atoms with Gasteiger partial charge in [0.1, 0.15) is 11.6 Å². The van der Waals surface area contributed by atoms with E-state index in [-0.39, 0.29) is 0 Å². The van der Waals surface area contributed by atoms with Crippen molar-refractivity contribution in [1.29, 1.82) is 0 Å². The van der Waals surface area contributed by atoms with Crippen LogP contribution in [0.3, 0.4) is 0 Å². The Morgan fingerprint density at radius 2 is 1.39 bits per heavy atom. The van der Waals surface area contributed by atoms with Crippen LogP contribution < -0.4 is 5.14 Å². The van der Waals surface area contributed by atoms with Gasteiger partial charge in [-0.25, -0.2) is 22.3 Å². The fourth-order valence-electron chi connectivity index (χ4n) is 3.03. The number of allylic oxidation sites excluding steroid dienone is 2. The number of sulfonamides is 1. The predicted octanol–water partition coefficient (Wildman–Crippen LogP) is 3.71. The molecule has 0 spiro atoms. The van der Waals surface area contributed by atoms with Crippen LogP contribution in [0.25, 0.3) is 11.1 Å². The lowest BCUT2D eigenvalue weighted by Gasteiger charge is -2.11. The molecule has 2 aromatic carbocycles.